The van der Waals surface area contributed by atoms with E-state index < -0.39 is 26.6 Å². The summed E-state index contributed by atoms with van der Waals surface area (Å²) in [5.41, 5.74) is 1.68. The number of benzene rings is 2. The molecule has 1 fully saturated rings. The van der Waals surface area contributed by atoms with Crippen LogP contribution in [-0.2, 0) is 10.0 Å². The first-order valence-electron chi connectivity index (χ1n) is 10.3. The summed E-state index contributed by atoms with van der Waals surface area (Å²) in [6.07, 6.45) is 3.41. The van der Waals surface area contributed by atoms with Gasteiger partial charge in [0.1, 0.15) is 10.7 Å². The summed E-state index contributed by atoms with van der Waals surface area (Å²) >= 11 is 0. The minimum absolute atomic E-state index is 0.0931. The number of para-hydroxylation sites is 2. The number of carbonyl (C=O) groups is 1. The number of rotatable bonds is 7. The Morgan fingerprint density at radius 1 is 1.07 bits per heavy atom. The molecule has 0 spiro atoms. The van der Waals surface area contributed by atoms with Crippen LogP contribution in [0, 0.1) is 5.82 Å². The van der Waals surface area contributed by atoms with Gasteiger partial charge in [-0.25, -0.2) is 12.8 Å². The zero-order valence-electron chi connectivity index (χ0n) is 17.4. The fourth-order valence-corrected chi connectivity index (χ4v) is 5.28. The Labute approximate surface area is 177 Å². The van der Waals surface area contributed by atoms with Crippen molar-refractivity contribution in [3.05, 3.63) is 53.8 Å². The Hall–Kier alpha value is -2.45. The number of nitrogens with one attached hydrogen (secondary N) is 1. The summed E-state index contributed by atoms with van der Waals surface area (Å²) in [5, 5.41) is 2.87. The number of carbonyl (C=O) groups excluding carboxylic acids is 1. The average Bonchev–Trinajstić information content (AvgIpc) is 2.75. The van der Waals surface area contributed by atoms with Crippen molar-refractivity contribution >= 4 is 27.3 Å². The highest BCUT2D eigenvalue weighted by molar-refractivity contribution is 7.89. The lowest BCUT2D eigenvalue weighted by molar-refractivity contribution is 0.102. The van der Waals surface area contributed by atoms with E-state index in [1.165, 1.54) is 16.8 Å². The first-order valence-corrected chi connectivity index (χ1v) is 11.8. The highest BCUT2D eigenvalue weighted by atomic mass is 32.2. The number of hydrogen-bond acceptors (Lipinski definition) is 4. The van der Waals surface area contributed by atoms with Gasteiger partial charge in [0.15, 0.2) is 0 Å². The van der Waals surface area contributed by atoms with E-state index in [0.717, 1.165) is 43.8 Å². The third kappa shape index (κ3) is 4.65. The van der Waals surface area contributed by atoms with Crippen LogP contribution < -0.4 is 10.2 Å². The molecule has 1 saturated heterocycles. The van der Waals surface area contributed by atoms with E-state index >= 15 is 0 Å². The molecule has 0 unspecified atom stereocenters. The Morgan fingerprint density at radius 3 is 2.40 bits per heavy atom. The van der Waals surface area contributed by atoms with Crippen LogP contribution in [0.1, 0.15) is 43.5 Å². The SMILES string of the molecule is CCN(CC)S(=O)(=O)c1cc(C(=O)Nc2ccccc2N2CCCCC2)ccc1F. The van der Waals surface area contributed by atoms with Gasteiger partial charge in [0, 0.05) is 31.7 Å². The second-order valence-corrected chi connectivity index (χ2v) is 9.16. The highest BCUT2D eigenvalue weighted by Crippen LogP contribution is 2.29. The van der Waals surface area contributed by atoms with Crippen LogP contribution >= 0.6 is 0 Å². The molecule has 162 valence electrons. The zero-order valence-corrected chi connectivity index (χ0v) is 18.2. The molecular weight excluding hydrogens is 405 g/mol. The predicted octanol–water partition coefficient (Wildman–Crippen LogP) is 4.10. The Morgan fingerprint density at radius 2 is 1.73 bits per heavy atom. The summed E-state index contributed by atoms with van der Waals surface area (Å²) in [6.45, 7) is 5.67. The number of anilines is 2. The van der Waals surface area contributed by atoms with Crippen LogP contribution in [-0.4, -0.2) is 44.8 Å². The molecule has 2 aromatic carbocycles. The van der Waals surface area contributed by atoms with Gasteiger partial charge in [0.05, 0.1) is 11.4 Å². The van der Waals surface area contributed by atoms with Crippen molar-refractivity contribution in [3.8, 4) is 0 Å². The summed E-state index contributed by atoms with van der Waals surface area (Å²) in [6, 6.07) is 11.0. The number of hydrogen-bond donors (Lipinski definition) is 1. The van der Waals surface area contributed by atoms with Crippen molar-refractivity contribution in [3.63, 3.8) is 0 Å². The molecule has 1 N–H and O–H groups in total. The standard InChI is InChI=1S/C22H28FN3O3S/c1-3-26(4-2)30(28,29)21-16-17(12-13-18(21)23)22(27)24-19-10-6-7-11-20(19)25-14-8-5-9-15-25/h6-7,10-13,16H,3-5,8-9,14-15H2,1-2H3,(H,24,27). The van der Waals surface area contributed by atoms with Gasteiger partial charge in [-0.1, -0.05) is 26.0 Å². The molecule has 0 radical (unpaired) electrons. The topological polar surface area (TPSA) is 69.7 Å². The number of piperidine rings is 1. The summed E-state index contributed by atoms with van der Waals surface area (Å²) in [7, 11) is -4.02. The molecule has 0 bridgehead atoms. The van der Waals surface area contributed by atoms with Gasteiger partial charge in [-0.2, -0.15) is 4.31 Å². The summed E-state index contributed by atoms with van der Waals surface area (Å²) in [4.78, 5) is 14.6. The first-order chi connectivity index (χ1) is 14.4. The molecule has 30 heavy (non-hydrogen) atoms. The molecule has 2 aromatic rings. The van der Waals surface area contributed by atoms with E-state index in [9.17, 15) is 17.6 Å². The van der Waals surface area contributed by atoms with Gasteiger partial charge >= 0.3 is 0 Å². The molecule has 3 rings (SSSR count). The normalized spacial score (nSPS) is 14.7. The first kappa shape index (κ1) is 22.2. The van der Waals surface area contributed by atoms with E-state index in [1.54, 1.807) is 13.8 Å². The zero-order chi connectivity index (χ0) is 21.7. The van der Waals surface area contributed by atoms with E-state index in [0.29, 0.717) is 5.69 Å². The molecule has 0 saturated carbocycles. The molecule has 0 aliphatic carbocycles. The van der Waals surface area contributed by atoms with E-state index in [4.69, 9.17) is 0 Å². The van der Waals surface area contributed by atoms with Gasteiger partial charge in [0.2, 0.25) is 10.0 Å². The second-order valence-electron chi connectivity index (χ2n) is 7.25. The van der Waals surface area contributed by atoms with Gasteiger partial charge in [-0.3, -0.25) is 4.79 Å². The third-order valence-electron chi connectivity index (χ3n) is 5.37. The van der Waals surface area contributed by atoms with Crippen LogP contribution in [0.3, 0.4) is 0 Å². The minimum Gasteiger partial charge on any atom is -0.370 e. The van der Waals surface area contributed by atoms with E-state index in [2.05, 4.69) is 10.2 Å². The van der Waals surface area contributed by atoms with Crippen LogP contribution in [0.25, 0.3) is 0 Å². The quantitative estimate of drug-likeness (QED) is 0.714. The Balaban J connectivity index is 1.89. The fraction of sp³-hybridized carbons (Fsp3) is 0.409. The number of sulfonamides is 1. The number of nitrogens with zero attached hydrogens (tertiary/aromatic N) is 2. The lowest BCUT2D eigenvalue weighted by atomic mass is 10.1. The van der Waals surface area contributed by atoms with Crippen LogP contribution in [0.2, 0.25) is 0 Å². The number of amides is 1. The molecular formula is C22H28FN3O3S. The van der Waals surface area contributed by atoms with Gasteiger partial charge in [0.25, 0.3) is 5.91 Å². The second kappa shape index (κ2) is 9.57. The van der Waals surface area contributed by atoms with Crippen molar-refractivity contribution in [1.82, 2.24) is 4.31 Å². The molecule has 1 aliphatic heterocycles. The van der Waals surface area contributed by atoms with Gasteiger partial charge < -0.3 is 10.2 Å². The number of halogens is 1. The third-order valence-corrected chi connectivity index (χ3v) is 7.43. The van der Waals surface area contributed by atoms with Crippen molar-refractivity contribution in [1.29, 1.82) is 0 Å². The maximum Gasteiger partial charge on any atom is 0.255 e. The summed E-state index contributed by atoms with van der Waals surface area (Å²) < 4.78 is 41.0. The minimum atomic E-state index is -4.02. The average molecular weight is 434 g/mol. The fourth-order valence-electron chi connectivity index (χ4n) is 3.73. The van der Waals surface area contributed by atoms with Gasteiger partial charge in [-0.05, 0) is 49.6 Å². The lowest BCUT2D eigenvalue weighted by Gasteiger charge is -2.30. The van der Waals surface area contributed by atoms with Crippen molar-refractivity contribution < 1.29 is 17.6 Å². The maximum absolute atomic E-state index is 14.4. The molecule has 1 heterocycles. The maximum atomic E-state index is 14.4. The molecule has 0 aromatic heterocycles. The highest BCUT2D eigenvalue weighted by Gasteiger charge is 2.26. The lowest BCUT2D eigenvalue weighted by Crippen LogP contribution is -2.31. The van der Waals surface area contributed by atoms with Crippen LogP contribution in [0.5, 0.6) is 0 Å². The largest absolute Gasteiger partial charge is 0.370 e. The van der Waals surface area contributed by atoms with Crippen LogP contribution in [0.15, 0.2) is 47.4 Å². The van der Waals surface area contributed by atoms with Crippen molar-refractivity contribution in [2.75, 3.05) is 36.4 Å². The summed E-state index contributed by atoms with van der Waals surface area (Å²) in [5.74, 6) is -1.34. The molecule has 1 amide bonds. The van der Waals surface area contributed by atoms with Crippen molar-refractivity contribution in [2.24, 2.45) is 0 Å². The molecule has 8 heteroatoms. The predicted molar refractivity (Wildman–Crippen MR) is 117 cm³/mol. The Bertz CT molecular complexity index is 1000. The Kier molecular flexibility index (Phi) is 7.10. The molecule has 6 nitrogen and oxygen atoms in total. The van der Waals surface area contributed by atoms with Gasteiger partial charge in [-0.15, -0.1) is 0 Å². The van der Waals surface area contributed by atoms with Crippen LogP contribution in [0.4, 0.5) is 15.8 Å². The van der Waals surface area contributed by atoms with E-state index in [-0.39, 0.29) is 18.7 Å². The van der Waals surface area contributed by atoms with E-state index in [1.807, 2.05) is 24.3 Å². The monoisotopic (exact) mass is 433 g/mol. The smallest absolute Gasteiger partial charge is 0.255 e. The molecule has 1 aliphatic rings. The van der Waals surface area contributed by atoms with Crippen molar-refractivity contribution in [2.45, 2.75) is 38.0 Å². The molecule has 0 atom stereocenters.